The normalized spacial score (nSPS) is 11.3. The van der Waals surface area contributed by atoms with Crippen LogP contribution in [0.15, 0.2) is 46.9 Å². The van der Waals surface area contributed by atoms with E-state index >= 15 is 0 Å². The average Bonchev–Trinajstić information content (AvgIpc) is 2.41. The van der Waals surface area contributed by atoms with Crippen LogP contribution in [0.3, 0.4) is 0 Å². The molecule has 1 amide bonds. The fraction of sp³-hybridized carbons (Fsp3) is 0.0714. The van der Waals surface area contributed by atoms with Gasteiger partial charge in [-0.1, -0.05) is 12.1 Å². The molecule has 2 aromatic carbocycles. The van der Waals surface area contributed by atoms with Crippen molar-refractivity contribution in [1.82, 2.24) is 0 Å². The Morgan fingerprint density at radius 3 is 2.43 bits per heavy atom. The first-order valence-electron chi connectivity index (χ1n) is 5.71. The van der Waals surface area contributed by atoms with Crippen LogP contribution in [0.2, 0.25) is 0 Å². The van der Waals surface area contributed by atoms with E-state index in [1.807, 2.05) is 0 Å². The number of rotatable bonds is 2. The molecule has 0 saturated carbocycles. The van der Waals surface area contributed by atoms with E-state index in [9.17, 15) is 22.4 Å². The molecule has 0 bridgehead atoms. The van der Waals surface area contributed by atoms with Crippen LogP contribution in [0.4, 0.5) is 23.2 Å². The Bertz CT molecular complexity index is 685. The SMILES string of the molecule is O=C(Nc1ccccc1C(F)(F)F)c1cc(F)ccc1Br. The number of alkyl halides is 3. The van der Waals surface area contributed by atoms with Gasteiger partial charge in [0.15, 0.2) is 0 Å². The lowest BCUT2D eigenvalue weighted by atomic mass is 10.1. The summed E-state index contributed by atoms with van der Waals surface area (Å²) in [7, 11) is 0. The lowest BCUT2D eigenvalue weighted by Crippen LogP contribution is -2.17. The average molecular weight is 362 g/mol. The third-order valence-corrected chi connectivity index (χ3v) is 3.35. The quantitative estimate of drug-likeness (QED) is 0.760. The molecule has 0 unspecified atom stereocenters. The molecule has 2 rings (SSSR count). The predicted molar refractivity (Wildman–Crippen MR) is 73.5 cm³/mol. The van der Waals surface area contributed by atoms with Crippen molar-refractivity contribution in [2.45, 2.75) is 6.18 Å². The number of anilines is 1. The van der Waals surface area contributed by atoms with Crippen LogP contribution in [0.5, 0.6) is 0 Å². The maximum atomic E-state index is 13.1. The monoisotopic (exact) mass is 361 g/mol. The minimum absolute atomic E-state index is 0.0908. The molecule has 2 aromatic rings. The summed E-state index contributed by atoms with van der Waals surface area (Å²) in [4.78, 5) is 12.0. The second-order valence-corrected chi connectivity index (χ2v) is 4.98. The van der Waals surface area contributed by atoms with Crippen molar-refractivity contribution in [1.29, 1.82) is 0 Å². The highest BCUT2D eigenvalue weighted by Gasteiger charge is 2.33. The summed E-state index contributed by atoms with van der Waals surface area (Å²) in [6, 6.07) is 7.95. The first kappa shape index (κ1) is 15.5. The van der Waals surface area contributed by atoms with E-state index in [0.717, 1.165) is 24.3 Å². The molecule has 2 nitrogen and oxygen atoms in total. The zero-order valence-electron chi connectivity index (χ0n) is 10.3. The lowest BCUT2D eigenvalue weighted by molar-refractivity contribution is -0.136. The first-order valence-corrected chi connectivity index (χ1v) is 6.51. The largest absolute Gasteiger partial charge is 0.418 e. The van der Waals surface area contributed by atoms with Gasteiger partial charge in [-0.25, -0.2) is 4.39 Å². The minimum Gasteiger partial charge on any atom is -0.321 e. The standard InChI is InChI=1S/C14H8BrF4NO/c15-11-6-5-8(16)7-9(11)13(21)20-12-4-2-1-3-10(12)14(17,18)19/h1-7H,(H,20,21). The van der Waals surface area contributed by atoms with Crippen molar-refractivity contribution in [2.24, 2.45) is 0 Å². The van der Waals surface area contributed by atoms with Gasteiger partial charge in [-0.05, 0) is 46.3 Å². The van der Waals surface area contributed by atoms with Gasteiger partial charge in [0.25, 0.3) is 5.91 Å². The van der Waals surface area contributed by atoms with E-state index in [1.165, 1.54) is 18.2 Å². The van der Waals surface area contributed by atoms with Crippen LogP contribution in [-0.2, 0) is 6.18 Å². The molecule has 0 fully saturated rings. The van der Waals surface area contributed by atoms with Gasteiger partial charge in [0, 0.05) is 4.47 Å². The number of hydrogen-bond donors (Lipinski definition) is 1. The van der Waals surface area contributed by atoms with Gasteiger partial charge in [0.05, 0.1) is 16.8 Å². The molecule has 0 aliphatic heterocycles. The Labute approximate surface area is 125 Å². The molecular formula is C14H8BrF4NO. The molecule has 21 heavy (non-hydrogen) atoms. The molecule has 0 radical (unpaired) electrons. The second kappa shape index (κ2) is 5.85. The summed E-state index contributed by atoms with van der Waals surface area (Å²) < 4.78 is 51.9. The van der Waals surface area contributed by atoms with Gasteiger partial charge in [0.1, 0.15) is 5.82 Å². The molecule has 0 spiro atoms. The highest BCUT2D eigenvalue weighted by atomic mass is 79.9. The molecular weight excluding hydrogens is 354 g/mol. The number of halogens is 5. The van der Waals surface area contributed by atoms with Gasteiger partial charge in [-0.15, -0.1) is 0 Å². The van der Waals surface area contributed by atoms with E-state index in [0.29, 0.717) is 0 Å². The maximum absolute atomic E-state index is 13.1. The molecule has 0 atom stereocenters. The van der Waals surface area contributed by atoms with Crippen LogP contribution < -0.4 is 5.32 Å². The van der Waals surface area contributed by atoms with Crippen LogP contribution >= 0.6 is 15.9 Å². The van der Waals surface area contributed by atoms with Crippen molar-refractivity contribution >= 4 is 27.5 Å². The maximum Gasteiger partial charge on any atom is 0.418 e. The smallest absolute Gasteiger partial charge is 0.321 e. The summed E-state index contributed by atoms with van der Waals surface area (Å²) in [5, 5.41) is 2.15. The fourth-order valence-electron chi connectivity index (χ4n) is 1.70. The van der Waals surface area contributed by atoms with Crippen LogP contribution in [0.1, 0.15) is 15.9 Å². The second-order valence-electron chi connectivity index (χ2n) is 4.12. The summed E-state index contributed by atoms with van der Waals surface area (Å²) in [6.07, 6.45) is -4.59. The fourth-order valence-corrected chi connectivity index (χ4v) is 2.13. The van der Waals surface area contributed by atoms with Crippen LogP contribution in [-0.4, -0.2) is 5.91 Å². The Morgan fingerprint density at radius 1 is 1.10 bits per heavy atom. The van der Waals surface area contributed by atoms with E-state index in [1.54, 1.807) is 0 Å². The van der Waals surface area contributed by atoms with E-state index < -0.39 is 23.5 Å². The number of hydrogen-bond acceptors (Lipinski definition) is 1. The number of carbonyl (C=O) groups excluding carboxylic acids is 1. The van der Waals surface area contributed by atoms with E-state index in [2.05, 4.69) is 21.2 Å². The van der Waals surface area contributed by atoms with Gasteiger partial charge >= 0.3 is 6.18 Å². The third-order valence-electron chi connectivity index (χ3n) is 2.65. The summed E-state index contributed by atoms with van der Waals surface area (Å²) in [6.45, 7) is 0. The minimum atomic E-state index is -4.59. The Balaban J connectivity index is 2.35. The van der Waals surface area contributed by atoms with Gasteiger partial charge in [0.2, 0.25) is 0 Å². The molecule has 0 aliphatic carbocycles. The lowest BCUT2D eigenvalue weighted by Gasteiger charge is -2.14. The number of nitrogens with one attached hydrogen (secondary N) is 1. The zero-order chi connectivity index (χ0) is 15.6. The Hall–Kier alpha value is -1.89. The topological polar surface area (TPSA) is 29.1 Å². The molecule has 7 heteroatoms. The van der Waals surface area contributed by atoms with Crippen LogP contribution in [0.25, 0.3) is 0 Å². The van der Waals surface area contributed by atoms with Crippen LogP contribution in [0, 0.1) is 5.82 Å². The summed E-state index contributed by atoms with van der Waals surface area (Å²) in [5.41, 5.74) is -1.44. The van der Waals surface area contributed by atoms with Crippen molar-refractivity contribution in [3.63, 3.8) is 0 Å². The molecule has 0 heterocycles. The zero-order valence-corrected chi connectivity index (χ0v) is 11.9. The first-order chi connectivity index (χ1) is 9.79. The summed E-state index contributed by atoms with van der Waals surface area (Å²) >= 11 is 3.05. The molecule has 0 aliphatic rings. The number of amides is 1. The van der Waals surface area contributed by atoms with Crippen molar-refractivity contribution < 1.29 is 22.4 Å². The number of carbonyl (C=O) groups is 1. The summed E-state index contributed by atoms with van der Waals surface area (Å²) in [5.74, 6) is -1.49. The number of para-hydroxylation sites is 1. The van der Waals surface area contributed by atoms with Crippen molar-refractivity contribution in [3.05, 3.63) is 63.9 Å². The van der Waals surface area contributed by atoms with Gasteiger partial charge in [-0.3, -0.25) is 4.79 Å². The Morgan fingerprint density at radius 2 is 1.76 bits per heavy atom. The van der Waals surface area contributed by atoms with E-state index in [4.69, 9.17) is 0 Å². The van der Waals surface area contributed by atoms with Crippen molar-refractivity contribution in [3.8, 4) is 0 Å². The molecule has 1 N–H and O–H groups in total. The number of benzene rings is 2. The Kier molecular flexibility index (Phi) is 4.32. The molecule has 0 aromatic heterocycles. The third kappa shape index (κ3) is 3.60. The predicted octanol–water partition coefficient (Wildman–Crippen LogP) is 4.86. The highest BCUT2D eigenvalue weighted by Crippen LogP contribution is 2.34. The molecule has 110 valence electrons. The van der Waals surface area contributed by atoms with E-state index in [-0.39, 0.29) is 15.7 Å². The molecule has 0 saturated heterocycles. The van der Waals surface area contributed by atoms with Gasteiger partial charge < -0.3 is 5.32 Å². The highest BCUT2D eigenvalue weighted by molar-refractivity contribution is 9.10. The van der Waals surface area contributed by atoms with Gasteiger partial charge in [-0.2, -0.15) is 13.2 Å². The van der Waals surface area contributed by atoms with Crippen molar-refractivity contribution in [2.75, 3.05) is 5.32 Å².